The van der Waals surface area contributed by atoms with Crippen molar-refractivity contribution in [2.24, 2.45) is 0 Å². The number of pyridine rings is 1. The number of hydrogen-bond acceptors (Lipinski definition) is 2. The van der Waals surface area contributed by atoms with Gasteiger partial charge in [-0.1, -0.05) is 41.9 Å². The second kappa shape index (κ2) is 4.32. The van der Waals surface area contributed by atoms with E-state index in [9.17, 15) is 0 Å². The molecule has 0 fully saturated rings. The zero-order valence-electron chi connectivity index (χ0n) is 8.27. The van der Waals surface area contributed by atoms with Gasteiger partial charge in [-0.05, 0) is 0 Å². The van der Waals surface area contributed by atoms with Gasteiger partial charge in [-0.3, -0.25) is 0 Å². The zero-order chi connectivity index (χ0) is 10.7. The highest BCUT2D eigenvalue weighted by molar-refractivity contribution is 6.29. The molecule has 0 spiro atoms. The van der Waals surface area contributed by atoms with Gasteiger partial charge in [0.1, 0.15) is 10.9 Å². The maximum atomic E-state index is 5.89. The molecule has 1 aromatic carbocycles. The monoisotopic (exact) mass is 219 g/mol. The molecule has 76 valence electrons. The summed E-state index contributed by atoms with van der Waals surface area (Å²) in [5.74, 6) is 0.717. The van der Waals surface area contributed by atoms with Crippen LogP contribution in [0.3, 0.4) is 0 Å². The molecule has 0 aliphatic heterocycles. The fourth-order valence-electron chi connectivity index (χ4n) is 1.35. The van der Waals surface area contributed by atoms with Crippen molar-refractivity contribution in [2.75, 3.05) is 7.11 Å². The Labute approximate surface area is 93.5 Å². The Morgan fingerprint density at radius 3 is 2.53 bits per heavy atom. The van der Waals surface area contributed by atoms with Crippen LogP contribution in [0, 0.1) is 0 Å². The van der Waals surface area contributed by atoms with Gasteiger partial charge in [0.25, 0.3) is 0 Å². The molecule has 3 heteroatoms. The number of hydrogen-bond donors (Lipinski definition) is 0. The van der Waals surface area contributed by atoms with Crippen LogP contribution in [-0.4, -0.2) is 12.1 Å². The Morgan fingerprint density at radius 1 is 1.13 bits per heavy atom. The summed E-state index contributed by atoms with van der Waals surface area (Å²) in [6.07, 6.45) is 0. The lowest BCUT2D eigenvalue weighted by molar-refractivity contribution is 0.414. The van der Waals surface area contributed by atoms with Gasteiger partial charge in [0.2, 0.25) is 0 Å². The quantitative estimate of drug-likeness (QED) is 0.723. The Balaban J connectivity index is 2.49. The fraction of sp³-hybridized carbons (Fsp3) is 0.0833. The average molecular weight is 220 g/mol. The van der Waals surface area contributed by atoms with E-state index >= 15 is 0 Å². The summed E-state index contributed by atoms with van der Waals surface area (Å²) in [7, 11) is 1.61. The predicted molar refractivity (Wildman–Crippen MR) is 61.2 cm³/mol. The summed E-state index contributed by atoms with van der Waals surface area (Å²) in [5, 5.41) is 0.438. The SMILES string of the molecule is COc1cc(Cl)nc(-c2ccccc2)c1. The molecule has 2 nitrogen and oxygen atoms in total. The van der Waals surface area contributed by atoms with Crippen LogP contribution in [0.4, 0.5) is 0 Å². The number of nitrogens with zero attached hydrogens (tertiary/aromatic N) is 1. The minimum Gasteiger partial charge on any atom is -0.497 e. The van der Waals surface area contributed by atoms with E-state index in [1.54, 1.807) is 13.2 Å². The molecule has 0 N–H and O–H groups in total. The highest BCUT2D eigenvalue weighted by Gasteiger charge is 2.03. The van der Waals surface area contributed by atoms with Crippen molar-refractivity contribution >= 4 is 11.6 Å². The molecule has 1 heterocycles. The number of rotatable bonds is 2. The summed E-state index contributed by atoms with van der Waals surface area (Å²) >= 11 is 5.89. The smallest absolute Gasteiger partial charge is 0.133 e. The Kier molecular flexibility index (Phi) is 2.88. The van der Waals surface area contributed by atoms with Crippen LogP contribution < -0.4 is 4.74 Å². The Bertz CT molecular complexity index is 456. The molecule has 0 amide bonds. The van der Waals surface area contributed by atoms with E-state index in [1.807, 2.05) is 36.4 Å². The fourth-order valence-corrected chi connectivity index (χ4v) is 1.55. The van der Waals surface area contributed by atoms with Gasteiger partial charge in [0.15, 0.2) is 0 Å². The van der Waals surface area contributed by atoms with Gasteiger partial charge in [0, 0.05) is 17.7 Å². The van der Waals surface area contributed by atoms with Crippen molar-refractivity contribution in [3.8, 4) is 17.0 Å². The van der Waals surface area contributed by atoms with Crippen LogP contribution >= 0.6 is 11.6 Å². The number of ether oxygens (including phenoxy) is 1. The van der Waals surface area contributed by atoms with Crippen molar-refractivity contribution in [1.82, 2.24) is 4.98 Å². The molecule has 0 aliphatic rings. The molecule has 0 aliphatic carbocycles. The molecule has 0 saturated heterocycles. The summed E-state index contributed by atoms with van der Waals surface area (Å²) in [5.41, 5.74) is 1.85. The summed E-state index contributed by atoms with van der Waals surface area (Å²) < 4.78 is 5.13. The van der Waals surface area contributed by atoms with E-state index in [-0.39, 0.29) is 0 Å². The van der Waals surface area contributed by atoms with E-state index in [4.69, 9.17) is 16.3 Å². The first-order valence-electron chi connectivity index (χ1n) is 4.56. The number of halogens is 1. The minimum atomic E-state index is 0.438. The maximum Gasteiger partial charge on any atom is 0.133 e. The van der Waals surface area contributed by atoms with Gasteiger partial charge < -0.3 is 4.74 Å². The van der Waals surface area contributed by atoms with Gasteiger partial charge in [-0.15, -0.1) is 0 Å². The Hall–Kier alpha value is -1.54. The molecule has 2 rings (SSSR count). The van der Waals surface area contributed by atoms with Crippen LogP contribution in [-0.2, 0) is 0 Å². The van der Waals surface area contributed by atoms with Crippen LogP contribution in [0.15, 0.2) is 42.5 Å². The largest absolute Gasteiger partial charge is 0.497 e. The second-order valence-electron chi connectivity index (χ2n) is 3.08. The van der Waals surface area contributed by atoms with Crippen molar-refractivity contribution in [1.29, 1.82) is 0 Å². The van der Waals surface area contributed by atoms with Gasteiger partial charge in [-0.2, -0.15) is 0 Å². The molecule has 0 saturated carbocycles. The number of benzene rings is 1. The average Bonchev–Trinajstić information content (AvgIpc) is 2.29. The lowest BCUT2D eigenvalue weighted by atomic mass is 10.1. The molecule has 0 unspecified atom stereocenters. The minimum absolute atomic E-state index is 0.438. The van der Waals surface area contributed by atoms with Crippen LogP contribution in [0.5, 0.6) is 5.75 Å². The third kappa shape index (κ3) is 2.28. The molecular formula is C12H10ClNO. The standard InChI is InChI=1S/C12H10ClNO/c1-15-10-7-11(14-12(13)8-10)9-5-3-2-4-6-9/h2-8H,1H3. The topological polar surface area (TPSA) is 22.1 Å². The summed E-state index contributed by atoms with van der Waals surface area (Å²) in [6.45, 7) is 0. The summed E-state index contributed by atoms with van der Waals surface area (Å²) in [4.78, 5) is 4.24. The van der Waals surface area contributed by atoms with Crippen molar-refractivity contribution < 1.29 is 4.74 Å². The van der Waals surface area contributed by atoms with Gasteiger partial charge >= 0.3 is 0 Å². The molecule has 0 atom stereocenters. The molecular weight excluding hydrogens is 210 g/mol. The first-order valence-corrected chi connectivity index (χ1v) is 4.94. The molecule has 0 bridgehead atoms. The van der Waals surface area contributed by atoms with E-state index in [0.717, 1.165) is 11.3 Å². The van der Waals surface area contributed by atoms with Gasteiger partial charge in [0.05, 0.1) is 12.8 Å². The van der Waals surface area contributed by atoms with E-state index in [2.05, 4.69) is 4.98 Å². The first-order chi connectivity index (χ1) is 7.29. The predicted octanol–water partition coefficient (Wildman–Crippen LogP) is 3.41. The van der Waals surface area contributed by atoms with Crippen molar-refractivity contribution in [3.05, 3.63) is 47.6 Å². The van der Waals surface area contributed by atoms with Crippen molar-refractivity contribution in [3.63, 3.8) is 0 Å². The van der Waals surface area contributed by atoms with Gasteiger partial charge in [-0.25, -0.2) is 4.98 Å². The zero-order valence-corrected chi connectivity index (χ0v) is 9.03. The third-order valence-electron chi connectivity index (χ3n) is 2.07. The lowest BCUT2D eigenvalue weighted by Crippen LogP contribution is -1.88. The molecule has 2 aromatic rings. The highest BCUT2D eigenvalue weighted by atomic mass is 35.5. The van der Waals surface area contributed by atoms with Crippen LogP contribution in [0.1, 0.15) is 0 Å². The van der Waals surface area contributed by atoms with Crippen LogP contribution in [0.25, 0.3) is 11.3 Å². The summed E-state index contributed by atoms with van der Waals surface area (Å²) in [6, 6.07) is 13.4. The van der Waals surface area contributed by atoms with E-state index in [1.165, 1.54) is 0 Å². The lowest BCUT2D eigenvalue weighted by Gasteiger charge is -2.04. The van der Waals surface area contributed by atoms with Crippen molar-refractivity contribution in [2.45, 2.75) is 0 Å². The Morgan fingerprint density at radius 2 is 1.87 bits per heavy atom. The van der Waals surface area contributed by atoms with E-state index in [0.29, 0.717) is 10.9 Å². The molecule has 1 aromatic heterocycles. The number of methoxy groups -OCH3 is 1. The highest BCUT2D eigenvalue weighted by Crippen LogP contribution is 2.24. The number of aromatic nitrogens is 1. The molecule has 0 radical (unpaired) electrons. The first kappa shape index (κ1) is 9.99. The third-order valence-corrected chi connectivity index (χ3v) is 2.27. The molecule has 15 heavy (non-hydrogen) atoms. The van der Waals surface area contributed by atoms with Crippen LogP contribution in [0.2, 0.25) is 5.15 Å². The maximum absolute atomic E-state index is 5.89. The second-order valence-corrected chi connectivity index (χ2v) is 3.47. The van der Waals surface area contributed by atoms with E-state index < -0.39 is 0 Å². The normalized spacial score (nSPS) is 10.0.